The van der Waals surface area contributed by atoms with E-state index >= 15 is 0 Å². The summed E-state index contributed by atoms with van der Waals surface area (Å²) >= 11 is 5.18. The molecule has 0 aliphatic carbocycles. The molecule has 29 heavy (non-hydrogen) atoms. The molecule has 2 rings (SSSR count). The Bertz CT molecular complexity index is 817. The Morgan fingerprint density at radius 2 is 1.66 bits per heavy atom. The van der Waals surface area contributed by atoms with Crippen molar-refractivity contribution in [2.45, 2.75) is 46.0 Å². The maximum atomic E-state index is 12.0. The minimum absolute atomic E-state index is 0.216. The first-order valence-electron chi connectivity index (χ1n) is 9.81. The minimum atomic E-state index is -0.276. The van der Waals surface area contributed by atoms with Gasteiger partial charge in [0, 0.05) is 18.5 Å². The predicted molar refractivity (Wildman–Crippen MR) is 120 cm³/mol. The molecular weight excluding hydrogens is 384 g/mol. The van der Waals surface area contributed by atoms with Crippen molar-refractivity contribution in [1.82, 2.24) is 5.32 Å². The molecule has 0 radical (unpaired) electrons. The van der Waals surface area contributed by atoms with Crippen LogP contribution in [0.5, 0.6) is 0 Å². The minimum Gasteiger partial charge on any atom is -0.466 e. The van der Waals surface area contributed by atoms with Crippen LogP contribution in [0.25, 0.3) is 0 Å². The fourth-order valence-corrected chi connectivity index (χ4v) is 3.20. The molecule has 2 N–H and O–H groups in total. The van der Waals surface area contributed by atoms with Crippen LogP contribution in [-0.2, 0) is 20.7 Å². The zero-order valence-electron chi connectivity index (χ0n) is 17.0. The van der Waals surface area contributed by atoms with Gasteiger partial charge in [-0.15, -0.1) is 0 Å². The van der Waals surface area contributed by atoms with Gasteiger partial charge in [-0.2, -0.15) is 0 Å². The van der Waals surface area contributed by atoms with Crippen LogP contribution in [-0.4, -0.2) is 23.6 Å². The third-order valence-corrected chi connectivity index (χ3v) is 4.44. The van der Waals surface area contributed by atoms with Gasteiger partial charge in [0.05, 0.1) is 6.61 Å². The van der Waals surface area contributed by atoms with Crippen LogP contribution in [0.3, 0.4) is 0 Å². The van der Waals surface area contributed by atoms with Crippen molar-refractivity contribution >= 4 is 34.9 Å². The Morgan fingerprint density at radius 1 is 0.966 bits per heavy atom. The number of amides is 1. The number of carbonyl (C=O) groups excluding carboxylic acids is 2. The van der Waals surface area contributed by atoms with Gasteiger partial charge >= 0.3 is 5.97 Å². The zero-order valence-corrected chi connectivity index (χ0v) is 17.8. The maximum Gasteiger partial charge on any atom is 0.305 e. The van der Waals surface area contributed by atoms with Crippen LogP contribution < -0.4 is 10.6 Å². The fourth-order valence-electron chi connectivity index (χ4n) is 2.97. The van der Waals surface area contributed by atoms with Crippen LogP contribution in [0.2, 0.25) is 0 Å². The molecule has 0 aliphatic rings. The van der Waals surface area contributed by atoms with E-state index in [0.717, 1.165) is 29.7 Å². The molecule has 0 aliphatic heterocycles. The van der Waals surface area contributed by atoms with Gasteiger partial charge in [-0.05, 0) is 74.2 Å². The normalized spacial score (nSPS) is 10.3. The van der Waals surface area contributed by atoms with Crippen LogP contribution >= 0.6 is 12.2 Å². The number of esters is 1. The third-order valence-electron chi connectivity index (χ3n) is 4.23. The van der Waals surface area contributed by atoms with Crippen molar-refractivity contribution in [3.8, 4) is 0 Å². The van der Waals surface area contributed by atoms with Crippen molar-refractivity contribution in [3.05, 3.63) is 65.2 Å². The Balaban J connectivity index is 1.57. The molecule has 0 saturated carbocycles. The Hall–Kier alpha value is -2.73. The first-order valence-corrected chi connectivity index (χ1v) is 10.2. The summed E-state index contributed by atoms with van der Waals surface area (Å²) in [5.41, 5.74) is 4.30. The van der Waals surface area contributed by atoms with Crippen molar-refractivity contribution in [2.75, 3.05) is 11.9 Å². The molecule has 1 amide bonds. The summed E-state index contributed by atoms with van der Waals surface area (Å²) in [6, 6.07) is 16.1. The third kappa shape index (κ3) is 9.34. The first-order chi connectivity index (χ1) is 13.9. The average molecular weight is 413 g/mol. The largest absolute Gasteiger partial charge is 0.466 e. The molecule has 0 unspecified atom stereocenters. The maximum absolute atomic E-state index is 12.0. The van der Waals surface area contributed by atoms with Gasteiger partial charge in [0.1, 0.15) is 0 Å². The second-order valence-corrected chi connectivity index (χ2v) is 7.45. The predicted octanol–water partition coefficient (Wildman–Crippen LogP) is 4.46. The Kier molecular flexibility index (Phi) is 9.31. The van der Waals surface area contributed by atoms with Crippen molar-refractivity contribution in [1.29, 1.82) is 0 Å². The van der Waals surface area contributed by atoms with E-state index in [1.54, 1.807) is 0 Å². The number of hydrogen-bond donors (Lipinski definition) is 2. The van der Waals surface area contributed by atoms with E-state index in [0.29, 0.717) is 13.0 Å². The summed E-state index contributed by atoms with van der Waals surface area (Å²) in [6.45, 7) is 4.39. The van der Waals surface area contributed by atoms with Gasteiger partial charge in [-0.1, -0.05) is 36.4 Å². The molecule has 0 bridgehead atoms. The molecule has 154 valence electrons. The highest BCUT2D eigenvalue weighted by Gasteiger charge is 2.08. The highest BCUT2D eigenvalue weighted by molar-refractivity contribution is 7.80. The standard InChI is InChI=1S/C23H28N2O3S/c1-17-14-18(2)16-20(15-17)24-23(29)25-21(26)11-6-12-22(27)28-13-7-10-19-8-4-3-5-9-19/h3-5,8-9,14-16H,6-7,10-13H2,1-2H3,(H2,24,25,26,29). The summed E-state index contributed by atoms with van der Waals surface area (Å²) in [7, 11) is 0. The van der Waals surface area contributed by atoms with Crippen molar-refractivity contribution in [2.24, 2.45) is 0 Å². The molecule has 0 spiro atoms. The lowest BCUT2D eigenvalue weighted by Crippen LogP contribution is -2.34. The van der Waals surface area contributed by atoms with Gasteiger partial charge in [-0.3, -0.25) is 9.59 Å². The molecular formula is C23H28N2O3S. The Labute approximate surface area is 177 Å². The Morgan fingerprint density at radius 3 is 2.34 bits per heavy atom. The highest BCUT2D eigenvalue weighted by atomic mass is 32.1. The quantitative estimate of drug-likeness (QED) is 0.362. The lowest BCUT2D eigenvalue weighted by Gasteiger charge is -2.11. The summed E-state index contributed by atoms with van der Waals surface area (Å²) in [6.07, 6.45) is 2.52. The van der Waals surface area contributed by atoms with Crippen molar-refractivity contribution < 1.29 is 14.3 Å². The van der Waals surface area contributed by atoms with Crippen LogP contribution in [0.15, 0.2) is 48.5 Å². The summed E-state index contributed by atoms with van der Waals surface area (Å²) < 4.78 is 5.22. The molecule has 2 aromatic rings. The summed E-state index contributed by atoms with van der Waals surface area (Å²) in [5, 5.41) is 5.90. The molecule has 0 saturated heterocycles. The highest BCUT2D eigenvalue weighted by Crippen LogP contribution is 2.13. The van der Waals surface area contributed by atoms with Crippen molar-refractivity contribution in [3.63, 3.8) is 0 Å². The van der Waals surface area contributed by atoms with E-state index in [1.165, 1.54) is 5.56 Å². The topological polar surface area (TPSA) is 67.4 Å². The second kappa shape index (κ2) is 12.0. The molecule has 2 aromatic carbocycles. The zero-order chi connectivity index (χ0) is 21.1. The first kappa shape index (κ1) is 22.6. The molecule has 0 aromatic heterocycles. The number of benzene rings is 2. The number of aryl methyl sites for hydroxylation is 3. The number of thiocarbonyl (C=S) groups is 1. The van der Waals surface area contributed by atoms with Gasteiger partial charge in [0.2, 0.25) is 5.91 Å². The fraction of sp³-hybridized carbons (Fsp3) is 0.348. The smallest absolute Gasteiger partial charge is 0.305 e. The van der Waals surface area contributed by atoms with E-state index < -0.39 is 0 Å². The number of rotatable bonds is 9. The lowest BCUT2D eigenvalue weighted by atomic mass is 10.1. The summed E-state index contributed by atoms with van der Waals surface area (Å²) in [4.78, 5) is 23.8. The molecule has 0 heterocycles. The van der Waals surface area contributed by atoms with E-state index in [1.807, 2.05) is 44.2 Å². The van der Waals surface area contributed by atoms with E-state index in [-0.39, 0.29) is 29.8 Å². The number of hydrogen-bond acceptors (Lipinski definition) is 4. The lowest BCUT2D eigenvalue weighted by molar-refractivity contribution is -0.143. The van der Waals surface area contributed by atoms with Crippen LogP contribution in [0, 0.1) is 13.8 Å². The van der Waals surface area contributed by atoms with E-state index in [2.05, 4.69) is 28.8 Å². The molecule has 6 heteroatoms. The number of nitrogens with one attached hydrogen (secondary N) is 2. The second-order valence-electron chi connectivity index (χ2n) is 7.04. The van der Waals surface area contributed by atoms with Gasteiger partial charge in [-0.25, -0.2) is 0 Å². The van der Waals surface area contributed by atoms with E-state index in [9.17, 15) is 9.59 Å². The number of anilines is 1. The molecule has 5 nitrogen and oxygen atoms in total. The van der Waals surface area contributed by atoms with E-state index in [4.69, 9.17) is 17.0 Å². The number of carbonyl (C=O) groups is 2. The number of ether oxygens (including phenoxy) is 1. The SMILES string of the molecule is Cc1cc(C)cc(NC(=S)NC(=O)CCCC(=O)OCCCc2ccccc2)c1. The average Bonchev–Trinajstić information content (AvgIpc) is 2.65. The summed E-state index contributed by atoms with van der Waals surface area (Å²) in [5.74, 6) is -0.495. The molecule has 0 fully saturated rings. The van der Waals surface area contributed by atoms with Gasteiger partial charge in [0.25, 0.3) is 0 Å². The van der Waals surface area contributed by atoms with Crippen LogP contribution in [0.1, 0.15) is 42.4 Å². The molecule has 0 atom stereocenters. The van der Waals surface area contributed by atoms with Gasteiger partial charge < -0.3 is 15.4 Å². The van der Waals surface area contributed by atoms with Crippen LogP contribution in [0.4, 0.5) is 5.69 Å². The monoisotopic (exact) mass is 412 g/mol. The van der Waals surface area contributed by atoms with Gasteiger partial charge in [0.15, 0.2) is 5.11 Å².